The number of rotatable bonds is 3. The fourth-order valence-electron chi connectivity index (χ4n) is 1.97. The summed E-state index contributed by atoms with van der Waals surface area (Å²) in [4.78, 5) is 11.2. The third kappa shape index (κ3) is 1.88. The van der Waals surface area contributed by atoms with Gasteiger partial charge in [-0.05, 0) is 18.1 Å². The van der Waals surface area contributed by atoms with E-state index in [0.717, 1.165) is 11.1 Å². The van der Waals surface area contributed by atoms with Gasteiger partial charge in [0, 0.05) is 5.92 Å². The minimum Gasteiger partial charge on any atom is -0.481 e. The Kier molecular flexibility index (Phi) is 2.73. The number of carboxylic acids is 1. The van der Waals surface area contributed by atoms with Gasteiger partial charge in [-0.25, -0.2) is 0 Å². The van der Waals surface area contributed by atoms with Gasteiger partial charge in [-0.1, -0.05) is 24.3 Å². The Hall–Kier alpha value is -1.35. The van der Waals surface area contributed by atoms with Gasteiger partial charge in [0.25, 0.3) is 0 Å². The summed E-state index contributed by atoms with van der Waals surface area (Å²) in [5.74, 6) is -1.04. The molecule has 2 rings (SSSR count). The maximum absolute atomic E-state index is 11.2. The zero-order valence-electron chi connectivity index (χ0n) is 8.64. The largest absolute Gasteiger partial charge is 0.481 e. The van der Waals surface area contributed by atoms with Gasteiger partial charge in [0.1, 0.15) is 0 Å². The van der Waals surface area contributed by atoms with Gasteiger partial charge in [-0.3, -0.25) is 4.79 Å². The van der Waals surface area contributed by atoms with Crippen molar-refractivity contribution >= 4 is 5.97 Å². The molecule has 0 aromatic heterocycles. The Bertz CT molecular complexity index is 369. The highest BCUT2D eigenvalue weighted by atomic mass is 16.5. The highest BCUT2D eigenvalue weighted by Gasteiger charge is 2.35. The fourth-order valence-corrected chi connectivity index (χ4v) is 1.97. The Balaban J connectivity index is 2.32. The van der Waals surface area contributed by atoms with Crippen molar-refractivity contribution in [2.45, 2.75) is 12.8 Å². The van der Waals surface area contributed by atoms with Crippen molar-refractivity contribution in [2.24, 2.45) is 5.92 Å². The van der Waals surface area contributed by atoms with E-state index in [4.69, 9.17) is 4.74 Å². The first-order chi connectivity index (χ1) is 7.20. The molecule has 0 spiro atoms. The van der Waals surface area contributed by atoms with Crippen LogP contribution in [0, 0.1) is 12.8 Å². The van der Waals surface area contributed by atoms with Crippen LogP contribution in [0.5, 0.6) is 0 Å². The Morgan fingerprint density at radius 1 is 1.47 bits per heavy atom. The molecule has 0 radical (unpaired) electrons. The number of benzene rings is 1. The summed E-state index contributed by atoms with van der Waals surface area (Å²) in [6.07, 6.45) is 0. The van der Waals surface area contributed by atoms with Gasteiger partial charge >= 0.3 is 5.97 Å². The summed E-state index contributed by atoms with van der Waals surface area (Å²) >= 11 is 0. The maximum atomic E-state index is 11.2. The summed E-state index contributed by atoms with van der Waals surface area (Å²) in [6.45, 7) is 3.07. The Morgan fingerprint density at radius 3 is 2.60 bits per heavy atom. The average Bonchev–Trinajstić information content (AvgIpc) is 2.12. The molecule has 80 valence electrons. The quantitative estimate of drug-likeness (QED) is 0.820. The first-order valence-corrected chi connectivity index (χ1v) is 5.06. The van der Waals surface area contributed by atoms with Gasteiger partial charge in [-0.15, -0.1) is 0 Å². The SMILES string of the molecule is Cc1ccccc1C(C(=O)O)C1COC1. The standard InChI is InChI=1S/C12H14O3/c1-8-4-2-3-5-10(8)11(12(13)14)9-6-15-7-9/h2-5,9,11H,6-7H2,1H3,(H,13,14). The number of hydrogen-bond acceptors (Lipinski definition) is 2. The molecule has 1 aliphatic rings. The van der Waals surface area contributed by atoms with E-state index >= 15 is 0 Å². The van der Waals surface area contributed by atoms with E-state index in [1.165, 1.54) is 0 Å². The second kappa shape index (κ2) is 4.03. The van der Waals surface area contributed by atoms with E-state index in [1.54, 1.807) is 0 Å². The van der Waals surface area contributed by atoms with Crippen LogP contribution in [-0.2, 0) is 9.53 Å². The van der Waals surface area contributed by atoms with Crippen LogP contribution < -0.4 is 0 Å². The number of carbonyl (C=O) groups is 1. The molecule has 1 fully saturated rings. The molecule has 1 aromatic carbocycles. The van der Waals surface area contributed by atoms with Crippen LogP contribution in [0.1, 0.15) is 17.0 Å². The molecule has 0 saturated carbocycles. The van der Waals surface area contributed by atoms with E-state index in [-0.39, 0.29) is 5.92 Å². The van der Waals surface area contributed by atoms with E-state index < -0.39 is 11.9 Å². The topological polar surface area (TPSA) is 46.5 Å². The lowest BCUT2D eigenvalue weighted by Gasteiger charge is -2.32. The van der Waals surface area contributed by atoms with E-state index in [0.29, 0.717) is 13.2 Å². The van der Waals surface area contributed by atoms with Gasteiger partial charge in [0.15, 0.2) is 0 Å². The first-order valence-electron chi connectivity index (χ1n) is 5.06. The number of hydrogen-bond donors (Lipinski definition) is 1. The molecule has 0 aliphatic carbocycles. The van der Waals surface area contributed by atoms with Gasteiger partial charge in [0.2, 0.25) is 0 Å². The normalized spacial score (nSPS) is 18.2. The highest BCUT2D eigenvalue weighted by Crippen LogP contribution is 2.32. The van der Waals surface area contributed by atoms with Gasteiger partial charge in [0.05, 0.1) is 19.1 Å². The first kappa shape index (κ1) is 10.2. The lowest BCUT2D eigenvalue weighted by molar-refractivity contribution is -0.146. The second-order valence-corrected chi connectivity index (χ2v) is 3.97. The Labute approximate surface area is 88.7 Å². The molecule has 0 bridgehead atoms. The highest BCUT2D eigenvalue weighted by molar-refractivity contribution is 5.77. The molecule has 1 heterocycles. The summed E-state index contributed by atoms with van der Waals surface area (Å²) in [6, 6.07) is 7.66. The van der Waals surface area contributed by atoms with Crippen LogP contribution in [0.2, 0.25) is 0 Å². The number of ether oxygens (including phenoxy) is 1. The smallest absolute Gasteiger partial charge is 0.311 e. The molecule has 15 heavy (non-hydrogen) atoms. The van der Waals surface area contributed by atoms with Crippen LogP contribution in [0.25, 0.3) is 0 Å². The maximum Gasteiger partial charge on any atom is 0.311 e. The molecule has 3 heteroatoms. The van der Waals surface area contributed by atoms with Crippen molar-refractivity contribution in [2.75, 3.05) is 13.2 Å². The minimum atomic E-state index is -0.752. The van der Waals surface area contributed by atoms with Crippen molar-refractivity contribution in [1.82, 2.24) is 0 Å². The van der Waals surface area contributed by atoms with Crippen LogP contribution in [0.3, 0.4) is 0 Å². The molecule has 1 N–H and O–H groups in total. The molecule has 1 unspecified atom stereocenters. The van der Waals surface area contributed by atoms with Crippen LogP contribution in [0.15, 0.2) is 24.3 Å². The van der Waals surface area contributed by atoms with E-state index in [9.17, 15) is 9.90 Å². The zero-order valence-corrected chi connectivity index (χ0v) is 8.64. The van der Waals surface area contributed by atoms with Crippen LogP contribution in [-0.4, -0.2) is 24.3 Å². The fraction of sp³-hybridized carbons (Fsp3) is 0.417. The predicted octanol–water partition coefficient (Wildman–Crippen LogP) is 1.81. The molecule has 1 saturated heterocycles. The van der Waals surface area contributed by atoms with Crippen molar-refractivity contribution < 1.29 is 14.6 Å². The van der Waals surface area contributed by atoms with Gasteiger partial charge < -0.3 is 9.84 Å². The molecular weight excluding hydrogens is 192 g/mol. The van der Waals surface area contributed by atoms with E-state index in [1.807, 2.05) is 31.2 Å². The van der Waals surface area contributed by atoms with Crippen molar-refractivity contribution in [3.8, 4) is 0 Å². The summed E-state index contributed by atoms with van der Waals surface area (Å²) in [7, 11) is 0. The third-order valence-corrected chi connectivity index (χ3v) is 2.92. The predicted molar refractivity (Wildman–Crippen MR) is 55.9 cm³/mol. The average molecular weight is 206 g/mol. The van der Waals surface area contributed by atoms with Gasteiger partial charge in [-0.2, -0.15) is 0 Å². The molecule has 1 aromatic rings. The monoisotopic (exact) mass is 206 g/mol. The summed E-state index contributed by atoms with van der Waals surface area (Å²) < 4.78 is 5.06. The summed E-state index contributed by atoms with van der Waals surface area (Å²) in [5.41, 5.74) is 1.95. The number of aryl methyl sites for hydroxylation is 1. The third-order valence-electron chi connectivity index (χ3n) is 2.92. The van der Waals surface area contributed by atoms with Crippen molar-refractivity contribution in [3.63, 3.8) is 0 Å². The molecule has 1 atom stereocenters. The van der Waals surface area contributed by atoms with Crippen LogP contribution in [0.4, 0.5) is 0 Å². The van der Waals surface area contributed by atoms with Crippen LogP contribution >= 0.6 is 0 Å². The molecular formula is C12H14O3. The van der Waals surface area contributed by atoms with Crippen molar-refractivity contribution in [3.05, 3.63) is 35.4 Å². The summed E-state index contributed by atoms with van der Waals surface area (Å²) in [5, 5.41) is 9.23. The molecule has 0 amide bonds. The second-order valence-electron chi connectivity index (χ2n) is 3.97. The molecule has 1 aliphatic heterocycles. The van der Waals surface area contributed by atoms with E-state index in [2.05, 4.69) is 0 Å². The molecule has 3 nitrogen and oxygen atoms in total. The number of aliphatic carboxylic acids is 1. The number of carboxylic acid groups (broad SMARTS) is 1. The lowest BCUT2D eigenvalue weighted by Crippen LogP contribution is -2.37. The zero-order chi connectivity index (χ0) is 10.8. The lowest BCUT2D eigenvalue weighted by atomic mass is 9.83. The Morgan fingerprint density at radius 2 is 2.13 bits per heavy atom. The minimum absolute atomic E-state index is 0.128. The van der Waals surface area contributed by atoms with Crippen molar-refractivity contribution in [1.29, 1.82) is 0 Å².